The molecule has 7 nitrogen and oxygen atoms in total. The molecule has 0 saturated heterocycles. The fraction of sp³-hybridized carbons (Fsp3) is 0.718. The molecular weight excluding hydrogens is 574 g/mol. The van der Waals surface area contributed by atoms with Gasteiger partial charge in [0.1, 0.15) is 0 Å². The van der Waals surface area contributed by atoms with Crippen LogP contribution in [0.1, 0.15) is 106 Å². The number of hydrogen-bond donors (Lipinski definition) is 4. The molecule has 4 fully saturated rings. The highest BCUT2D eigenvalue weighted by atomic mass is 16.3. The van der Waals surface area contributed by atoms with Gasteiger partial charge in [0.25, 0.3) is 0 Å². The minimum absolute atomic E-state index is 0.0370. The SMILES string of the molecule is CC1(C)C2CC[C@]3(C)[C@H](C(=O)C=C4[C@H]5C[C@@](C)(C(=O)NCCNC(=O)Nc6ccccc6)CC[C@]5(C)CC[C@]43C)[C@@]2(C)CC[C@@H]1O. The monoisotopic (exact) mass is 631 g/mol. The van der Waals surface area contributed by atoms with Gasteiger partial charge in [0.2, 0.25) is 5.91 Å². The molecule has 5 aliphatic rings. The van der Waals surface area contributed by atoms with Gasteiger partial charge in [0.05, 0.1) is 6.10 Å². The van der Waals surface area contributed by atoms with E-state index < -0.39 is 5.41 Å². The first-order valence-electron chi connectivity index (χ1n) is 17.8. The summed E-state index contributed by atoms with van der Waals surface area (Å²) in [6.45, 7) is 16.9. The fourth-order valence-electron chi connectivity index (χ4n) is 11.6. The van der Waals surface area contributed by atoms with Crippen LogP contribution in [0.5, 0.6) is 0 Å². The lowest BCUT2D eigenvalue weighted by Crippen LogP contribution is -2.66. The standard InChI is InChI=1S/C39H57N3O4/c1-34(2)29-13-16-39(7)31(37(29,5)15-14-30(34)44)28(43)23-26-27-24-36(4,18-17-35(27,3)19-20-38(26,39)6)32(45)40-21-22-41-33(46)42-25-11-9-8-10-12-25/h8-12,23,27,29-31,44H,13-22,24H2,1-7H3,(H,40,45)(H2,41,42,46)/t27-,29?,30+,31-,35-,36+,37+,38-,39-/m1/s1. The van der Waals surface area contributed by atoms with Crippen LogP contribution in [0.2, 0.25) is 0 Å². The third-order valence-electron chi connectivity index (χ3n) is 14.8. The van der Waals surface area contributed by atoms with Crippen molar-refractivity contribution in [3.8, 4) is 0 Å². The number of aliphatic hydroxyl groups excluding tert-OH is 1. The number of amides is 3. The van der Waals surface area contributed by atoms with Gasteiger partial charge < -0.3 is 21.1 Å². The Morgan fingerprint density at radius 1 is 0.848 bits per heavy atom. The van der Waals surface area contributed by atoms with Crippen LogP contribution in [0.15, 0.2) is 42.0 Å². The zero-order valence-electron chi connectivity index (χ0n) is 29.2. The fourth-order valence-corrected chi connectivity index (χ4v) is 11.6. The van der Waals surface area contributed by atoms with Crippen LogP contribution in [0, 0.1) is 50.2 Å². The van der Waals surface area contributed by atoms with E-state index in [1.807, 2.05) is 30.3 Å². The summed E-state index contributed by atoms with van der Waals surface area (Å²) in [5, 5.41) is 19.8. The third kappa shape index (κ3) is 4.97. The Labute approximate surface area is 276 Å². The summed E-state index contributed by atoms with van der Waals surface area (Å²) in [5.41, 5.74) is 0.972. The summed E-state index contributed by atoms with van der Waals surface area (Å²) >= 11 is 0. The molecule has 9 atom stereocenters. The maximum atomic E-state index is 14.5. The molecule has 6 rings (SSSR count). The van der Waals surface area contributed by atoms with Crippen molar-refractivity contribution >= 4 is 23.4 Å². The highest BCUT2D eigenvalue weighted by Gasteiger charge is 2.70. The third-order valence-corrected chi connectivity index (χ3v) is 14.8. The molecule has 4 N–H and O–H groups in total. The van der Waals surface area contributed by atoms with Crippen LogP contribution in [0.4, 0.5) is 10.5 Å². The molecule has 0 aromatic heterocycles. The number of hydrogen-bond acceptors (Lipinski definition) is 4. The van der Waals surface area contributed by atoms with Crippen molar-refractivity contribution in [3.05, 3.63) is 42.0 Å². The predicted octanol–water partition coefficient (Wildman–Crippen LogP) is 7.27. The second kappa shape index (κ2) is 11.2. The van der Waals surface area contributed by atoms with Gasteiger partial charge in [-0.05, 0) is 115 Å². The smallest absolute Gasteiger partial charge is 0.319 e. The normalized spacial score (nSPS) is 42.7. The Hall–Kier alpha value is -2.67. The van der Waals surface area contributed by atoms with Gasteiger partial charge in [-0.15, -0.1) is 0 Å². The maximum Gasteiger partial charge on any atom is 0.319 e. The largest absolute Gasteiger partial charge is 0.393 e. The van der Waals surface area contributed by atoms with Crippen molar-refractivity contribution in [2.45, 2.75) is 112 Å². The summed E-state index contributed by atoms with van der Waals surface area (Å²) in [4.78, 5) is 40.6. The first-order chi connectivity index (χ1) is 21.5. The molecule has 0 spiro atoms. The molecule has 46 heavy (non-hydrogen) atoms. The zero-order chi connectivity index (χ0) is 33.3. The van der Waals surface area contributed by atoms with Gasteiger partial charge >= 0.3 is 6.03 Å². The van der Waals surface area contributed by atoms with Crippen LogP contribution in [0.25, 0.3) is 0 Å². The summed E-state index contributed by atoms with van der Waals surface area (Å²) in [5.74, 6) is 0.778. The molecule has 5 aliphatic carbocycles. The molecular formula is C39H57N3O4. The van der Waals surface area contributed by atoms with E-state index in [2.05, 4.69) is 70.5 Å². The summed E-state index contributed by atoms with van der Waals surface area (Å²) in [6.07, 6.45) is 10.2. The Balaban J connectivity index is 1.19. The van der Waals surface area contributed by atoms with Gasteiger partial charge in [-0.2, -0.15) is 0 Å². The molecule has 1 aromatic carbocycles. The van der Waals surface area contributed by atoms with E-state index in [1.54, 1.807) is 0 Å². The number of allylic oxidation sites excluding steroid dienone is 2. The van der Waals surface area contributed by atoms with Crippen molar-refractivity contribution < 1.29 is 19.5 Å². The number of urea groups is 1. The highest BCUT2D eigenvalue weighted by molar-refractivity contribution is 5.96. The quantitative estimate of drug-likeness (QED) is 0.257. The molecule has 0 bridgehead atoms. The average molecular weight is 632 g/mol. The molecule has 0 aliphatic heterocycles. The van der Waals surface area contributed by atoms with E-state index in [-0.39, 0.29) is 62.7 Å². The number of benzene rings is 1. The molecule has 0 heterocycles. The van der Waals surface area contributed by atoms with Crippen molar-refractivity contribution in [1.29, 1.82) is 0 Å². The van der Waals surface area contributed by atoms with Gasteiger partial charge in [-0.25, -0.2) is 4.79 Å². The van der Waals surface area contributed by atoms with Crippen molar-refractivity contribution in [2.24, 2.45) is 50.2 Å². The second-order valence-corrected chi connectivity index (χ2v) is 17.6. The van der Waals surface area contributed by atoms with Crippen molar-refractivity contribution in [1.82, 2.24) is 10.6 Å². The number of carbonyl (C=O) groups excluding carboxylic acids is 3. The highest BCUT2D eigenvalue weighted by Crippen LogP contribution is 2.75. The lowest BCUT2D eigenvalue weighted by molar-refractivity contribution is -0.202. The molecule has 252 valence electrons. The van der Waals surface area contributed by atoms with Crippen molar-refractivity contribution in [3.63, 3.8) is 0 Å². The van der Waals surface area contributed by atoms with Crippen LogP contribution in [-0.4, -0.2) is 42.0 Å². The van der Waals surface area contributed by atoms with E-state index in [1.165, 1.54) is 5.57 Å². The van der Waals surface area contributed by atoms with E-state index in [0.717, 1.165) is 63.5 Å². The number of para-hydroxylation sites is 1. The van der Waals surface area contributed by atoms with E-state index in [0.29, 0.717) is 19.0 Å². The van der Waals surface area contributed by atoms with Crippen LogP contribution >= 0.6 is 0 Å². The molecule has 7 heteroatoms. The Morgan fingerprint density at radius 3 is 2.24 bits per heavy atom. The molecule has 1 aromatic rings. The number of anilines is 1. The number of fused-ring (bicyclic) bond motifs is 7. The number of rotatable bonds is 5. The van der Waals surface area contributed by atoms with E-state index in [9.17, 15) is 19.5 Å². The zero-order valence-corrected chi connectivity index (χ0v) is 29.2. The lowest BCUT2D eigenvalue weighted by Gasteiger charge is -2.70. The molecule has 0 radical (unpaired) electrons. The predicted molar refractivity (Wildman–Crippen MR) is 182 cm³/mol. The number of nitrogens with one attached hydrogen (secondary N) is 3. The molecule has 3 amide bonds. The Morgan fingerprint density at radius 2 is 1.52 bits per heavy atom. The van der Waals surface area contributed by atoms with Crippen LogP contribution in [0.3, 0.4) is 0 Å². The minimum Gasteiger partial charge on any atom is -0.393 e. The minimum atomic E-state index is -0.538. The van der Waals surface area contributed by atoms with Crippen LogP contribution < -0.4 is 16.0 Å². The average Bonchev–Trinajstić information content (AvgIpc) is 3.00. The number of carbonyl (C=O) groups is 3. The topological polar surface area (TPSA) is 108 Å². The maximum absolute atomic E-state index is 14.5. The van der Waals surface area contributed by atoms with Gasteiger partial charge in [0.15, 0.2) is 5.78 Å². The number of aliphatic hydroxyl groups is 1. The lowest BCUT2D eigenvalue weighted by atomic mass is 9.33. The molecule has 4 saturated carbocycles. The first kappa shape index (κ1) is 33.2. The van der Waals surface area contributed by atoms with E-state index >= 15 is 0 Å². The van der Waals surface area contributed by atoms with Gasteiger partial charge in [-0.3, -0.25) is 9.59 Å². The van der Waals surface area contributed by atoms with Gasteiger partial charge in [-0.1, -0.05) is 72.2 Å². The van der Waals surface area contributed by atoms with Crippen LogP contribution in [-0.2, 0) is 9.59 Å². The van der Waals surface area contributed by atoms with Crippen molar-refractivity contribution in [2.75, 3.05) is 18.4 Å². The Bertz CT molecular complexity index is 1420. The molecule has 1 unspecified atom stereocenters. The van der Waals surface area contributed by atoms with E-state index in [4.69, 9.17) is 0 Å². The Kier molecular flexibility index (Phi) is 8.10. The summed E-state index contributed by atoms with van der Waals surface area (Å²) in [6, 6.07) is 9.00. The summed E-state index contributed by atoms with van der Waals surface area (Å²) in [7, 11) is 0. The first-order valence-corrected chi connectivity index (χ1v) is 17.8. The van der Waals surface area contributed by atoms with Gasteiger partial charge in [0, 0.05) is 30.1 Å². The second-order valence-electron chi connectivity index (χ2n) is 17.6. The number of ketones is 1. The summed E-state index contributed by atoms with van der Waals surface area (Å²) < 4.78 is 0.